The number of nitrogens with zero attached hydrogens (tertiary/aromatic N) is 6. The van der Waals surface area contributed by atoms with Crippen LogP contribution in [0.2, 0.25) is 5.15 Å². The van der Waals surface area contributed by atoms with Gasteiger partial charge in [0.05, 0.1) is 41.0 Å². The molecular formula is C39H47ClN8O4S. The van der Waals surface area contributed by atoms with E-state index in [1.54, 1.807) is 23.6 Å². The van der Waals surface area contributed by atoms with Gasteiger partial charge in [0, 0.05) is 50.4 Å². The van der Waals surface area contributed by atoms with Gasteiger partial charge in [-0.3, -0.25) is 19.3 Å². The summed E-state index contributed by atoms with van der Waals surface area (Å²) in [6.45, 7) is 12.6. The SMILES string of the molecule is Cc1ncsc1-c1ccc([C@H](C)NC(=O)[C@@H]2C[C@@H](O)CN2C(=O)[C@@H](NC(=O)CN2CCN(c3ccc(-c4cnnc(Cl)c4)cc3)CC2)C(C)(C)C)cc1. The number of aromatic nitrogens is 3. The molecule has 2 aromatic heterocycles. The number of amides is 3. The summed E-state index contributed by atoms with van der Waals surface area (Å²) in [5.74, 6) is -0.973. The van der Waals surface area contributed by atoms with Gasteiger partial charge < -0.3 is 25.5 Å². The van der Waals surface area contributed by atoms with Crippen molar-refractivity contribution in [1.29, 1.82) is 0 Å². The van der Waals surface area contributed by atoms with Gasteiger partial charge in [-0.1, -0.05) is 68.8 Å². The molecule has 0 spiro atoms. The van der Waals surface area contributed by atoms with Crippen molar-refractivity contribution in [1.82, 2.24) is 35.6 Å². The molecule has 2 aromatic carbocycles. The Morgan fingerprint density at radius 3 is 2.28 bits per heavy atom. The van der Waals surface area contributed by atoms with Gasteiger partial charge in [-0.05, 0) is 54.2 Å². The number of rotatable bonds is 10. The average Bonchev–Trinajstić information content (AvgIpc) is 3.75. The van der Waals surface area contributed by atoms with E-state index in [1.807, 2.05) is 76.5 Å². The molecule has 12 nitrogen and oxygen atoms in total. The number of benzene rings is 2. The van der Waals surface area contributed by atoms with Crippen LogP contribution in [-0.2, 0) is 14.4 Å². The Bertz CT molecular complexity index is 1910. The number of aliphatic hydroxyl groups excluding tert-OH is 1. The molecule has 4 aromatic rings. The fourth-order valence-corrected chi connectivity index (χ4v) is 7.93. The Morgan fingerprint density at radius 1 is 0.981 bits per heavy atom. The van der Waals surface area contributed by atoms with Crippen molar-refractivity contribution in [3.63, 3.8) is 0 Å². The summed E-state index contributed by atoms with van der Waals surface area (Å²) >= 11 is 7.59. The Morgan fingerprint density at radius 2 is 1.66 bits per heavy atom. The predicted molar refractivity (Wildman–Crippen MR) is 207 cm³/mol. The first-order valence-electron chi connectivity index (χ1n) is 17.9. The van der Waals surface area contributed by atoms with Crippen molar-refractivity contribution in [2.24, 2.45) is 5.41 Å². The van der Waals surface area contributed by atoms with E-state index in [-0.39, 0.29) is 43.3 Å². The normalized spacial score (nSPS) is 19.2. The molecule has 4 atom stereocenters. The number of hydrogen-bond acceptors (Lipinski definition) is 10. The van der Waals surface area contributed by atoms with Crippen LogP contribution in [0.5, 0.6) is 0 Å². The summed E-state index contributed by atoms with van der Waals surface area (Å²) in [5.41, 5.74) is 7.12. The van der Waals surface area contributed by atoms with E-state index >= 15 is 0 Å². The second-order valence-corrected chi connectivity index (χ2v) is 16.2. The van der Waals surface area contributed by atoms with Crippen LogP contribution in [-0.4, -0.2) is 105 Å². The topological polar surface area (TPSA) is 144 Å². The van der Waals surface area contributed by atoms with E-state index in [1.165, 1.54) is 4.90 Å². The minimum Gasteiger partial charge on any atom is -0.391 e. The van der Waals surface area contributed by atoms with E-state index < -0.39 is 23.6 Å². The number of carbonyl (C=O) groups excluding carboxylic acids is 3. The van der Waals surface area contributed by atoms with Gasteiger partial charge >= 0.3 is 0 Å². The number of aryl methyl sites for hydroxylation is 1. The summed E-state index contributed by atoms with van der Waals surface area (Å²) in [6, 6.07) is 15.9. The lowest BCUT2D eigenvalue weighted by Crippen LogP contribution is -2.59. The minimum absolute atomic E-state index is 0.0206. The molecule has 280 valence electrons. The van der Waals surface area contributed by atoms with Crippen molar-refractivity contribution >= 4 is 46.3 Å². The van der Waals surface area contributed by atoms with Crippen LogP contribution in [0.3, 0.4) is 0 Å². The third kappa shape index (κ3) is 9.21. The van der Waals surface area contributed by atoms with E-state index in [9.17, 15) is 19.5 Å². The molecule has 3 amide bonds. The fraction of sp³-hybridized carbons (Fsp3) is 0.436. The van der Waals surface area contributed by atoms with Crippen LogP contribution in [0.1, 0.15) is 51.4 Å². The summed E-state index contributed by atoms with van der Waals surface area (Å²) in [5, 5.41) is 24.8. The van der Waals surface area contributed by atoms with Gasteiger partial charge in [0.25, 0.3) is 0 Å². The summed E-state index contributed by atoms with van der Waals surface area (Å²) in [6.07, 6.45) is 0.961. The van der Waals surface area contributed by atoms with Crippen LogP contribution >= 0.6 is 22.9 Å². The molecule has 3 N–H and O–H groups in total. The van der Waals surface area contributed by atoms with E-state index in [4.69, 9.17) is 11.6 Å². The predicted octanol–water partition coefficient (Wildman–Crippen LogP) is 4.72. The van der Waals surface area contributed by atoms with Crippen molar-refractivity contribution in [2.75, 3.05) is 44.2 Å². The highest BCUT2D eigenvalue weighted by Crippen LogP contribution is 2.30. The van der Waals surface area contributed by atoms with Crippen LogP contribution in [0.25, 0.3) is 21.6 Å². The zero-order valence-corrected chi connectivity index (χ0v) is 32.3. The fourth-order valence-electron chi connectivity index (χ4n) is 6.95. The third-order valence-corrected chi connectivity index (χ3v) is 11.2. The average molecular weight is 759 g/mol. The Hall–Kier alpha value is -4.43. The molecule has 0 saturated carbocycles. The first kappa shape index (κ1) is 38.3. The van der Waals surface area contributed by atoms with Gasteiger partial charge in [0.1, 0.15) is 12.1 Å². The minimum atomic E-state index is -0.888. The molecule has 2 fully saturated rings. The maximum absolute atomic E-state index is 14.1. The molecule has 4 heterocycles. The first-order chi connectivity index (χ1) is 25.3. The number of halogens is 1. The molecule has 6 rings (SSSR count). The quantitative estimate of drug-likeness (QED) is 0.209. The second-order valence-electron chi connectivity index (χ2n) is 15.0. The third-order valence-electron chi connectivity index (χ3n) is 9.99. The lowest BCUT2D eigenvalue weighted by molar-refractivity contribution is -0.144. The summed E-state index contributed by atoms with van der Waals surface area (Å²) in [7, 11) is 0. The van der Waals surface area contributed by atoms with Crippen LogP contribution < -0.4 is 15.5 Å². The monoisotopic (exact) mass is 758 g/mol. The van der Waals surface area contributed by atoms with E-state index in [0.29, 0.717) is 18.2 Å². The zero-order chi connectivity index (χ0) is 37.9. The largest absolute Gasteiger partial charge is 0.391 e. The molecular weight excluding hydrogens is 712 g/mol. The molecule has 0 radical (unpaired) electrons. The number of piperazine rings is 1. The number of aliphatic hydroxyl groups is 1. The number of likely N-dealkylation sites (tertiary alicyclic amines) is 1. The van der Waals surface area contributed by atoms with Gasteiger partial charge in [0.15, 0.2) is 5.15 Å². The van der Waals surface area contributed by atoms with Crippen molar-refractivity contribution in [3.05, 3.63) is 82.7 Å². The highest BCUT2D eigenvalue weighted by atomic mass is 35.5. The number of nitrogens with one attached hydrogen (secondary N) is 2. The lowest BCUT2D eigenvalue weighted by atomic mass is 9.85. The van der Waals surface area contributed by atoms with Gasteiger partial charge in [-0.2, -0.15) is 5.10 Å². The highest BCUT2D eigenvalue weighted by Gasteiger charge is 2.44. The molecule has 0 unspecified atom stereocenters. The smallest absolute Gasteiger partial charge is 0.246 e. The standard InChI is InChI=1S/C39H47ClN8O4S/c1-24(26-6-8-28(9-7-26)35-25(2)41-23-53-35)43-37(51)32-19-31(49)21-48(32)38(52)36(39(3,4)5)44-34(50)22-46-14-16-47(17-15-46)30-12-10-27(11-13-30)29-18-33(40)45-42-20-29/h6-13,18,20,23-24,31-32,36,49H,14-17,19,21-22H2,1-5H3,(H,43,51)(H,44,50)/t24-,31+,32-,36+/m0/s1. The Kier molecular flexibility index (Phi) is 11.8. The van der Waals surface area contributed by atoms with Gasteiger partial charge in [0.2, 0.25) is 17.7 Å². The first-order valence-corrected chi connectivity index (χ1v) is 19.2. The number of β-amino-alcohol motifs (C(OH)–C–C–N with tert-alkyl or cyclic N) is 1. The zero-order valence-electron chi connectivity index (χ0n) is 30.8. The van der Waals surface area contributed by atoms with Crippen molar-refractivity contribution < 1.29 is 19.5 Å². The van der Waals surface area contributed by atoms with E-state index in [0.717, 1.165) is 51.6 Å². The van der Waals surface area contributed by atoms with Gasteiger partial charge in [-0.15, -0.1) is 16.4 Å². The second kappa shape index (κ2) is 16.3. The molecule has 2 aliphatic rings. The number of hydrogen-bond donors (Lipinski definition) is 3. The van der Waals surface area contributed by atoms with E-state index in [2.05, 4.69) is 47.7 Å². The molecule has 53 heavy (non-hydrogen) atoms. The molecule has 0 aliphatic carbocycles. The summed E-state index contributed by atoms with van der Waals surface area (Å²) in [4.78, 5) is 52.4. The molecule has 2 saturated heterocycles. The van der Waals surface area contributed by atoms with Crippen LogP contribution in [0.15, 0.2) is 66.3 Å². The van der Waals surface area contributed by atoms with Crippen molar-refractivity contribution in [3.8, 4) is 21.6 Å². The molecule has 14 heteroatoms. The molecule has 0 bridgehead atoms. The Labute approximate surface area is 319 Å². The van der Waals surface area contributed by atoms with Crippen LogP contribution in [0, 0.1) is 12.3 Å². The lowest BCUT2D eigenvalue weighted by Gasteiger charge is -2.37. The van der Waals surface area contributed by atoms with Gasteiger partial charge in [-0.25, -0.2) is 4.98 Å². The van der Waals surface area contributed by atoms with Crippen LogP contribution in [0.4, 0.5) is 5.69 Å². The highest BCUT2D eigenvalue weighted by molar-refractivity contribution is 7.13. The maximum Gasteiger partial charge on any atom is 0.246 e. The number of carbonyl (C=O) groups is 3. The number of anilines is 1. The maximum atomic E-state index is 14.1. The Balaban J connectivity index is 1.03. The summed E-state index contributed by atoms with van der Waals surface area (Å²) < 4.78 is 0. The number of thiazole rings is 1. The molecule has 2 aliphatic heterocycles. The van der Waals surface area contributed by atoms with Crippen molar-refractivity contribution in [2.45, 2.75) is 65.3 Å².